The largest absolute Gasteiger partial charge is 0.490 e. The smallest absolute Gasteiger partial charge is 0.475 e. The number of aliphatic hydroxyl groups excluding tert-OH is 1. The van der Waals surface area contributed by atoms with E-state index in [9.17, 15) is 27.9 Å². The lowest BCUT2D eigenvalue weighted by Gasteiger charge is -2.33. The number of carboxylic acid groups (broad SMARTS) is 1. The van der Waals surface area contributed by atoms with E-state index in [1.165, 1.54) is 0 Å². The molecule has 1 aliphatic rings. The number of aromatic nitrogens is 1. The molecule has 1 unspecified atom stereocenters. The van der Waals surface area contributed by atoms with Crippen molar-refractivity contribution in [2.45, 2.75) is 31.2 Å². The fourth-order valence-electron chi connectivity index (χ4n) is 2.99. The number of piperidine rings is 1. The van der Waals surface area contributed by atoms with Crippen LogP contribution < -0.4 is 10.6 Å². The van der Waals surface area contributed by atoms with Crippen molar-refractivity contribution >= 4 is 39.5 Å². The maximum absolute atomic E-state index is 12.5. The number of halogens is 4. The number of likely N-dealkylation sites (tertiary alicyclic amines) is 1. The predicted octanol–water partition coefficient (Wildman–Crippen LogP) is 3.32. The van der Waals surface area contributed by atoms with Crippen molar-refractivity contribution in [1.29, 1.82) is 0 Å². The van der Waals surface area contributed by atoms with Crippen molar-refractivity contribution in [2.75, 3.05) is 18.4 Å². The highest BCUT2D eigenvalue weighted by molar-refractivity contribution is 9.10. The Balaban J connectivity index is 0.000000509. The van der Waals surface area contributed by atoms with Crippen LogP contribution in [0.25, 0.3) is 0 Å². The molecule has 184 valence electrons. The number of hydrogen-bond donors (Lipinski definition) is 4. The van der Waals surface area contributed by atoms with Crippen molar-refractivity contribution in [3.63, 3.8) is 0 Å². The van der Waals surface area contributed by atoms with E-state index in [-0.39, 0.29) is 18.0 Å². The maximum Gasteiger partial charge on any atom is 0.490 e. The molecule has 1 fully saturated rings. The zero-order valence-electron chi connectivity index (χ0n) is 17.6. The van der Waals surface area contributed by atoms with Gasteiger partial charge in [-0.2, -0.15) is 13.2 Å². The molecule has 0 bridgehead atoms. The molecule has 13 heteroatoms. The second-order valence-electron chi connectivity index (χ2n) is 7.19. The third-order valence-corrected chi connectivity index (χ3v) is 5.27. The zero-order valence-corrected chi connectivity index (χ0v) is 19.2. The molecule has 0 radical (unpaired) electrons. The fourth-order valence-corrected chi connectivity index (χ4v) is 3.26. The standard InChI is InChI=1S/C19H21BrN4O3.C2HF3O2/c20-14-3-1-13(2-4-14)17(25)18(26)24-11-7-16(8-12-24)23-19(27)22-15-5-9-21-10-6-15;3-2(4,5)1(6)7/h1-6,9-10,16-17,25H,7-8,11-12H2,(H2,21,22,23,27);(H,6,7). The van der Waals surface area contributed by atoms with Crippen molar-refractivity contribution in [3.8, 4) is 0 Å². The molecule has 0 aliphatic carbocycles. The lowest BCUT2D eigenvalue weighted by Crippen LogP contribution is -2.48. The Labute approximate surface area is 201 Å². The van der Waals surface area contributed by atoms with Crippen LogP contribution in [0.3, 0.4) is 0 Å². The van der Waals surface area contributed by atoms with Gasteiger partial charge in [-0.05, 0) is 42.7 Å². The number of rotatable bonds is 4. The average Bonchev–Trinajstić information content (AvgIpc) is 2.79. The van der Waals surface area contributed by atoms with Gasteiger partial charge in [0, 0.05) is 41.7 Å². The molecule has 2 heterocycles. The van der Waals surface area contributed by atoms with Crippen LogP contribution in [-0.4, -0.2) is 63.3 Å². The first-order chi connectivity index (χ1) is 16.0. The van der Waals surface area contributed by atoms with E-state index in [0.717, 1.165) is 4.47 Å². The van der Waals surface area contributed by atoms with E-state index in [1.54, 1.807) is 53.7 Å². The van der Waals surface area contributed by atoms with Crippen LogP contribution in [0, 0.1) is 0 Å². The highest BCUT2D eigenvalue weighted by Crippen LogP contribution is 2.21. The zero-order chi connectivity index (χ0) is 25.3. The normalized spacial score (nSPS) is 14.9. The number of aliphatic carboxylic acids is 1. The van der Waals surface area contributed by atoms with Crippen LogP contribution in [0.4, 0.5) is 23.7 Å². The first kappa shape index (κ1) is 27.1. The van der Waals surface area contributed by atoms with Crippen LogP contribution in [-0.2, 0) is 9.59 Å². The number of carbonyl (C=O) groups excluding carboxylic acids is 2. The van der Waals surface area contributed by atoms with Gasteiger partial charge in [0.25, 0.3) is 5.91 Å². The number of carbonyl (C=O) groups is 3. The van der Waals surface area contributed by atoms with Gasteiger partial charge in [-0.3, -0.25) is 9.78 Å². The topological polar surface area (TPSA) is 132 Å². The summed E-state index contributed by atoms with van der Waals surface area (Å²) in [6.07, 6.45) is -1.75. The fraction of sp³-hybridized carbons (Fsp3) is 0.333. The van der Waals surface area contributed by atoms with E-state index in [0.29, 0.717) is 37.2 Å². The predicted molar refractivity (Wildman–Crippen MR) is 119 cm³/mol. The Morgan fingerprint density at radius 1 is 1.06 bits per heavy atom. The van der Waals surface area contributed by atoms with E-state index < -0.39 is 18.2 Å². The summed E-state index contributed by atoms with van der Waals surface area (Å²) < 4.78 is 32.6. The van der Waals surface area contributed by atoms with E-state index in [4.69, 9.17) is 9.90 Å². The third kappa shape index (κ3) is 8.63. The van der Waals surface area contributed by atoms with E-state index in [1.807, 2.05) is 0 Å². The van der Waals surface area contributed by atoms with Crippen LogP contribution in [0.15, 0.2) is 53.3 Å². The lowest BCUT2D eigenvalue weighted by molar-refractivity contribution is -0.192. The van der Waals surface area contributed by atoms with Gasteiger partial charge in [-0.25, -0.2) is 9.59 Å². The van der Waals surface area contributed by atoms with Crippen molar-refractivity contribution in [3.05, 3.63) is 58.8 Å². The van der Waals surface area contributed by atoms with Gasteiger partial charge in [-0.1, -0.05) is 28.1 Å². The average molecular weight is 547 g/mol. The van der Waals surface area contributed by atoms with Crippen LogP contribution in [0.1, 0.15) is 24.5 Å². The van der Waals surface area contributed by atoms with E-state index in [2.05, 4.69) is 31.5 Å². The minimum absolute atomic E-state index is 0.0132. The summed E-state index contributed by atoms with van der Waals surface area (Å²) in [5.41, 5.74) is 1.24. The number of nitrogens with zero attached hydrogens (tertiary/aromatic N) is 2. The highest BCUT2D eigenvalue weighted by Gasteiger charge is 2.38. The van der Waals surface area contributed by atoms with Gasteiger partial charge in [-0.15, -0.1) is 0 Å². The summed E-state index contributed by atoms with van der Waals surface area (Å²) in [5, 5.41) is 23.1. The Kier molecular flexibility index (Phi) is 9.81. The molecule has 2 aromatic rings. The molecule has 34 heavy (non-hydrogen) atoms. The third-order valence-electron chi connectivity index (χ3n) is 4.74. The Morgan fingerprint density at radius 3 is 2.09 bits per heavy atom. The molecule has 0 saturated carbocycles. The molecular weight excluding hydrogens is 525 g/mol. The SMILES string of the molecule is O=C(Nc1ccncc1)NC1CCN(C(=O)C(O)c2ccc(Br)cc2)CC1.O=C(O)C(F)(F)F. The van der Waals surface area contributed by atoms with Gasteiger partial charge >= 0.3 is 18.2 Å². The molecule has 0 spiro atoms. The van der Waals surface area contributed by atoms with Gasteiger partial charge in [0.1, 0.15) is 0 Å². The Morgan fingerprint density at radius 2 is 1.59 bits per heavy atom. The van der Waals surface area contributed by atoms with Crippen molar-refractivity contribution < 1.29 is 37.8 Å². The van der Waals surface area contributed by atoms with Gasteiger partial charge in [0.2, 0.25) is 0 Å². The number of benzene rings is 1. The van der Waals surface area contributed by atoms with E-state index >= 15 is 0 Å². The summed E-state index contributed by atoms with van der Waals surface area (Å²) in [6, 6.07) is 10.2. The minimum atomic E-state index is -5.08. The lowest BCUT2D eigenvalue weighted by atomic mass is 10.0. The molecule has 4 N–H and O–H groups in total. The number of pyridine rings is 1. The summed E-state index contributed by atoms with van der Waals surface area (Å²) in [5.74, 6) is -3.07. The van der Waals surface area contributed by atoms with Crippen molar-refractivity contribution in [1.82, 2.24) is 15.2 Å². The van der Waals surface area contributed by atoms with Crippen LogP contribution in [0.2, 0.25) is 0 Å². The molecule has 1 saturated heterocycles. The Bertz CT molecular complexity index is 969. The Hall–Kier alpha value is -3.19. The quantitative estimate of drug-likeness (QED) is 0.465. The highest BCUT2D eigenvalue weighted by atomic mass is 79.9. The summed E-state index contributed by atoms with van der Waals surface area (Å²) >= 11 is 3.34. The number of aliphatic hydroxyl groups is 1. The summed E-state index contributed by atoms with van der Waals surface area (Å²) in [7, 11) is 0. The number of amides is 3. The van der Waals surface area contributed by atoms with Gasteiger partial charge in [0.15, 0.2) is 6.10 Å². The molecule has 1 aromatic heterocycles. The number of alkyl halides is 3. The first-order valence-corrected chi connectivity index (χ1v) is 10.8. The van der Waals surface area contributed by atoms with Crippen molar-refractivity contribution in [2.24, 2.45) is 0 Å². The molecule has 3 amide bonds. The first-order valence-electron chi connectivity index (χ1n) is 9.97. The maximum atomic E-state index is 12.5. The number of anilines is 1. The second kappa shape index (κ2) is 12.3. The molecule has 1 aliphatic heterocycles. The summed E-state index contributed by atoms with van der Waals surface area (Å²) in [6.45, 7) is 0.985. The van der Waals surface area contributed by atoms with Gasteiger partial charge < -0.3 is 25.7 Å². The van der Waals surface area contributed by atoms with Gasteiger partial charge in [0.05, 0.1) is 0 Å². The number of nitrogens with one attached hydrogen (secondary N) is 2. The number of hydrogen-bond acceptors (Lipinski definition) is 5. The molecule has 9 nitrogen and oxygen atoms in total. The molecule has 3 rings (SSSR count). The van der Waals surface area contributed by atoms with Crippen LogP contribution >= 0.6 is 15.9 Å². The number of carboxylic acids is 1. The minimum Gasteiger partial charge on any atom is -0.475 e. The molecular formula is C21H22BrF3N4O5. The number of urea groups is 1. The molecule has 1 aromatic carbocycles. The summed E-state index contributed by atoms with van der Waals surface area (Å²) in [4.78, 5) is 39.0. The second-order valence-corrected chi connectivity index (χ2v) is 8.11. The molecule has 1 atom stereocenters. The van der Waals surface area contributed by atoms with Crippen LogP contribution in [0.5, 0.6) is 0 Å². The monoisotopic (exact) mass is 546 g/mol.